The standard InChI is InChI=1S/C26H21N4/c1-17-13-19-9-5-6-10-20(19)16-30(17)25-15-21(27-3)14-23(18(25)2)26-22-11-7-8-12-24(22)28-29(26)4/h5-16H,1-2,4H3/q+1. The topological polar surface area (TPSA) is 26.1 Å². The first-order valence-corrected chi connectivity index (χ1v) is 9.92. The summed E-state index contributed by atoms with van der Waals surface area (Å²) in [6.07, 6.45) is 2.16. The Morgan fingerprint density at radius 1 is 0.933 bits per heavy atom. The van der Waals surface area contributed by atoms with E-state index in [9.17, 15) is 0 Å². The van der Waals surface area contributed by atoms with Crippen LogP contribution in [0.2, 0.25) is 0 Å². The maximum atomic E-state index is 7.69. The summed E-state index contributed by atoms with van der Waals surface area (Å²) in [5.74, 6) is 0. The molecule has 5 aromatic rings. The molecule has 0 N–H and O–H groups in total. The zero-order chi connectivity index (χ0) is 20.8. The number of aromatic nitrogens is 3. The van der Waals surface area contributed by atoms with Gasteiger partial charge in [0.05, 0.1) is 17.8 Å². The minimum absolute atomic E-state index is 0.621. The maximum absolute atomic E-state index is 7.69. The van der Waals surface area contributed by atoms with Crippen LogP contribution in [0.4, 0.5) is 5.69 Å². The van der Waals surface area contributed by atoms with Gasteiger partial charge in [0.1, 0.15) is 0 Å². The van der Waals surface area contributed by atoms with Crippen molar-refractivity contribution in [1.29, 1.82) is 0 Å². The number of aryl methyl sites for hydroxylation is 2. The smallest absolute Gasteiger partial charge is 0.204 e. The minimum Gasteiger partial charge on any atom is -0.267 e. The molecule has 0 amide bonds. The van der Waals surface area contributed by atoms with E-state index in [1.165, 1.54) is 10.8 Å². The Morgan fingerprint density at radius 2 is 1.67 bits per heavy atom. The number of fused-ring (bicyclic) bond motifs is 2. The SMILES string of the molecule is [C-]#[N+]c1cc(-c2c3ccccc3nn2C)c(C)c(-[n+]2cc3ccccc3cc2C)c1. The Morgan fingerprint density at radius 3 is 2.47 bits per heavy atom. The van der Waals surface area contributed by atoms with Gasteiger partial charge >= 0.3 is 0 Å². The molecular weight excluding hydrogens is 368 g/mol. The fourth-order valence-electron chi connectivity index (χ4n) is 4.27. The van der Waals surface area contributed by atoms with Crippen molar-refractivity contribution in [3.8, 4) is 16.9 Å². The van der Waals surface area contributed by atoms with E-state index in [0.29, 0.717) is 5.69 Å². The van der Waals surface area contributed by atoms with Gasteiger partial charge < -0.3 is 0 Å². The highest BCUT2D eigenvalue weighted by atomic mass is 15.3. The molecule has 0 bridgehead atoms. The predicted octanol–water partition coefficient (Wildman–Crippen LogP) is 5.84. The van der Waals surface area contributed by atoms with Crippen LogP contribution < -0.4 is 4.57 Å². The van der Waals surface area contributed by atoms with Crippen LogP contribution in [0.1, 0.15) is 11.3 Å². The molecule has 0 spiro atoms. The number of benzene rings is 3. The Hall–Kier alpha value is -3.97. The van der Waals surface area contributed by atoms with Crippen LogP contribution in [-0.2, 0) is 7.05 Å². The molecular formula is C26H21N4+. The first-order chi connectivity index (χ1) is 14.6. The third-order valence-electron chi connectivity index (χ3n) is 5.76. The molecule has 30 heavy (non-hydrogen) atoms. The van der Waals surface area contributed by atoms with Crippen molar-refractivity contribution < 1.29 is 4.57 Å². The lowest BCUT2D eigenvalue weighted by molar-refractivity contribution is -0.601. The van der Waals surface area contributed by atoms with Crippen LogP contribution in [-0.4, -0.2) is 9.78 Å². The summed E-state index contributed by atoms with van der Waals surface area (Å²) in [6, 6.07) is 22.7. The monoisotopic (exact) mass is 389 g/mol. The van der Waals surface area contributed by atoms with E-state index in [4.69, 9.17) is 6.57 Å². The summed E-state index contributed by atoms with van der Waals surface area (Å²) in [6.45, 7) is 11.9. The van der Waals surface area contributed by atoms with Crippen molar-refractivity contribution in [2.45, 2.75) is 13.8 Å². The molecule has 2 heterocycles. The van der Waals surface area contributed by atoms with Gasteiger partial charge in [0.15, 0.2) is 17.6 Å². The highest BCUT2D eigenvalue weighted by Crippen LogP contribution is 2.35. The summed E-state index contributed by atoms with van der Waals surface area (Å²) in [4.78, 5) is 3.78. The molecule has 0 radical (unpaired) electrons. The van der Waals surface area contributed by atoms with Crippen LogP contribution in [0.15, 0.2) is 72.9 Å². The summed E-state index contributed by atoms with van der Waals surface area (Å²) in [7, 11) is 1.97. The lowest BCUT2D eigenvalue weighted by atomic mass is 9.99. The molecule has 0 saturated heterocycles. The second-order valence-corrected chi connectivity index (χ2v) is 7.65. The number of nitrogens with zero attached hydrogens (tertiary/aromatic N) is 4. The highest BCUT2D eigenvalue weighted by molar-refractivity contribution is 5.95. The predicted molar refractivity (Wildman–Crippen MR) is 121 cm³/mol. The number of rotatable bonds is 2. The van der Waals surface area contributed by atoms with Gasteiger partial charge in [-0.25, -0.2) is 4.85 Å². The van der Waals surface area contributed by atoms with E-state index in [1.807, 2.05) is 42.1 Å². The van der Waals surface area contributed by atoms with Gasteiger partial charge in [-0.2, -0.15) is 9.67 Å². The fourth-order valence-corrected chi connectivity index (χ4v) is 4.27. The van der Waals surface area contributed by atoms with Gasteiger partial charge in [-0.3, -0.25) is 4.68 Å². The molecule has 4 nitrogen and oxygen atoms in total. The number of hydrogen-bond acceptors (Lipinski definition) is 1. The summed E-state index contributed by atoms with van der Waals surface area (Å²) >= 11 is 0. The van der Waals surface area contributed by atoms with Crippen LogP contribution in [0, 0.1) is 20.4 Å². The Kier molecular flexibility index (Phi) is 4.11. The molecule has 3 aromatic carbocycles. The summed E-state index contributed by atoms with van der Waals surface area (Å²) in [5, 5.41) is 8.15. The molecule has 0 aliphatic heterocycles. The van der Waals surface area contributed by atoms with Crippen LogP contribution in [0.25, 0.3) is 43.5 Å². The Balaban J connectivity index is 1.83. The zero-order valence-electron chi connectivity index (χ0n) is 17.2. The maximum Gasteiger partial charge on any atom is 0.204 e. The summed E-state index contributed by atoms with van der Waals surface area (Å²) < 4.78 is 4.11. The molecule has 0 fully saturated rings. The van der Waals surface area contributed by atoms with E-state index in [2.05, 4.69) is 71.0 Å². The number of hydrogen-bond donors (Lipinski definition) is 0. The molecule has 144 valence electrons. The van der Waals surface area contributed by atoms with E-state index in [0.717, 1.165) is 39.1 Å². The molecule has 2 aromatic heterocycles. The van der Waals surface area contributed by atoms with E-state index in [-0.39, 0.29) is 0 Å². The molecule has 4 heteroatoms. The first-order valence-electron chi connectivity index (χ1n) is 9.92. The van der Waals surface area contributed by atoms with Crippen molar-refractivity contribution >= 4 is 27.4 Å². The second-order valence-electron chi connectivity index (χ2n) is 7.65. The van der Waals surface area contributed by atoms with Crippen molar-refractivity contribution in [2.75, 3.05) is 0 Å². The van der Waals surface area contributed by atoms with Gasteiger partial charge in [-0.15, -0.1) is 0 Å². The molecule has 5 rings (SSSR count). The van der Waals surface area contributed by atoms with E-state index >= 15 is 0 Å². The van der Waals surface area contributed by atoms with Crippen LogP contribution in [0.5, 0.6) is 0 Å². The summed E-state index contributed by atoms with van der Waals surface area (Å²) in [5.41, 5.74) is 6.92. The molecule has 0 atom stereocenters. The average molecular weight is 389 g/mol. The van der Waals surface area contributed by atoms with Crippen molar-refractivity contribution in [3.05, 3.63) is 95.6 Å². The zero-order valence-corrected chi connectivity index (χ0v) is 17.2. The normalized spacial score (nSPS) is 11.1. The van der Waals surface area contributed by atoms with E-state index in [1.54, 1.807) is 0 Å². The third-order valence-corrected chi connectivity index (χ3v) is 5.76. The second kappa shape index (κ2) is 6.82. The highest BCUT2D eigenvalue weighted by Gasteiger charge is 2.22. The van der Waals surface area contributed by atoms with Gasteiger partial charge in [-0.1, -0.05) is 36.4 Å². The molecule has 0 unspecified atom stereocenters. The lowest BCUT2D eigenvalue weighted by Crippen LogP contribution is -2.34. The molecule has 0 aliphatic carbocycles. The van der Waals surface area contributed by atoms with Crippen LogP contribution in [0.3, 0.4) is 0 Å². The number of pyridine rings is 1. The fraction of sp³-hybridized carbons (Fsp3) is 0.115. The third kappa shape index (κ3) is 2.75. The van der Waals surface area contributed by atoms with Crippen molar-refractivity contribution in [2.24, 2.45) is 7.05 Å². The van der Waals surface area contributed by atoms with Gasteiger partial charge in [-0.05, 0) is 36.1 Å². The van der Waals surface area contributed by atoms with Gasteiger partial charge in [0.2, 0.25) is 5.69 Å². The van der Waals surface area contributed by atoms with Gasteiger partial charge in [0.25, 0.3) is 0 Å². The average Bonchev–Trinajstić information content (AvgIpc) is 3.09. The quantitative estimate of drug-likeness (QED) is 0.275. The van der Waals surface area contributed by atoms with E-state index < -0.39 is 0 Å². The van der Waals surface area contributed by atoms with Crippen molar-refractivity contribution in [1.82, 2.24) is 9.78 Å². The largest absolute Gasteiger partial charge is 0.267 e. The minimum atomic E-state index is 0.621. The van der Waals surface area contributed by atoms with Crippen molar-refractivity contribution in [3.63, 3.8) is 0 Å². The molecule has 0 saturated carbocycles. The Labute approximate surface area is 175 Å². The lowest BCUT2D eigenvalue weighted by Gasteiger charge is -2.12. The molecule has 0 aliphatic rings. The Bertz CT molecular complexity index is 1490. The van der Waals surface area contributed by atoms with Crippen LogP contribution >= 0.6 is 0 Å². The first kappa shape index (κ1) is 18.1. The van der Waals surface area contributed by atoms with Gasteiger partial charge in [0, 0.05) is 42.4 Å².